The first-order chi connectivity index (χ1) is 7.16. The Hall–Kier alpha value is -0.220. The number of anilines is 1. The quantitative estimate of drug-likeness (QED) is 0.886. The van der Waals surface area contributed by atoms with Gasteiger partial charge in [-0.25, -0.2) is 4.39 Å². The number of thioether (sulfide) groups is 1. The summed E-state index contributed by atoms with van der Waals surface area (Å²) < 4.78 is 13.5. The summed E-state index contributed by atoms with van der Waals surface area (Å²) >= 11 is 5.17. The zero-order valence-corrected chi connectivity index (χ0v) is 10.9. The first-order valence-corrected chi connectivity index (χ1v) is 6.84. The third-order valence-corrected chi connectivity index (χ3v) is 4.58. The summed E-state index contributed by atoms with van der Waals surface area (Å²) in [6, 6.07) is 5.58. The molecule has 1 nitrogen and oxygen atoms in total. The number of hydrogen-bond acceptors (Lipinski definition) is 2. The summed E-state index contributed by atoms with van der Waals surface area (Å²) in [4.78, 5) is 0. The van der Waals surface area contributed by atoms with E-state index < -0.39 is 0 Å². The number of halogens is 2. The molecule has 1 N–H and O–H groups in total. The third-order valence-electron chi connectivity index (χ3n) is 2.65. The Balaban J connectivity index is 2.07. The van der Waals surface area contributed by atoms with E-state index in [2.05, 4.69) is 28.2 Å². The van der Waals surface area contributed by atoms with Crippen LogP contribution in [-0.2, 0) is 0 Å². The average molecular weight is 290 g/mol. The first-order valence-electron chi connectivity index (χ1n) is 5.00. The van der Waals surface area contributed by atoms with Crippen LogP contribution < -0.4 is 5.32 Å². The van der Waals surface area contributed by atoms with E-state index in [0.29, 0.717) is 15.8 Å². The monoisotopic (exact) mass is 289 g/mol. The summed E-state index contributed by atoms with van der Waals surface area (Å²) in [5.74, 6) is 0.996. The molecule has 1 saturated heterocycles. The molecule has 1 heterocycles. The van der Waals surface area contributed by atoms with Gasteiger partial charge in [-0.2, -0.15) is 11.8 Å². The van der Waals surface area contributed by atoms with Crippen molar-refractivity contribution in [1.82, 2.24) is 0 Å². The Labute approximate surface area is 102 Å². The minimum absolute atomic E-state index is 0.214. The van der Waals surface area contributed by atoms with Crippen LogP contribution in [0.3, 0.4) is 0 Å². The molecular formula is C11H13BrFNS. The summed E-state index contributed by atoms with van der Waals surface area (Å²) in [5, 5.41) is 4.07. The summed E-state index contributed by atoms with van der Waals surface area (Å²) in [6.45, 7) is 2.23. The minimum atomic E-state index is -0.214. The SMILES string of the molecule is CC1SCCC1Nc1ccc(F)c(Br)c1. The lowest BCUT2D eigenvalue weighted by Gasteiger charge is -2.18. The molecule has 2 rings (SSSR count). The van der Waals surface area contributed by atoms with E-state index in [9.17, 15) is 4.39 Å². The normalized spacial score (nSPS) is 25.5. The molecule has 1 fully saturated rings. The van der Waals surface area contributed by atoms with Gasteiger partial charge in [-0.1, -0.05) is 6.92 Å². The number of hydrogen-bond donors (Lipinski definition) is 1. The smallest absolute Gasteiger partial charge is 0.137 e. The topological polar surface area (TPSA) is 12.0 Å². The summed E-state index contributed by atoms with van der Waals surface area (Å²) in [6.07, 6.45) is 1.18. The van der Waals surface area contributed by atoms with E-state index in [-0.39, 0.29) is 5.82 Å². The van der Waals surface area contributed by atoms with Gasteiger partial charge in [0.1, 0.15) is 5.82 Å². The van der Waals surface area contributed by atoms with Crippen LogP contribution in [0.15, 0.2) is 22.7 Å². The Kier molecular flexibility index (Phi) is 3.57. The van der Waals surface area contributed by atoms with Crippen molar-refractivity contribution in [2.24, 2.45) is 0 Å². The Morgan fingerprint density at radius 2 is 2.33 bits per heavy atom. The molecule has 0 saturated carbocycles. The second-order valence-corrected chi connectivity index (χ2v) is 6.08. The van der Waals surface area contributed by atoms with E-state index in [1.807, 2.05) is 11.8 Å². The third kappa shape index (κ3) is 2.67. The number of benzene rings is 1. The summed E-state index contributed by atoms with van der Waals surface area (Å²) in [7, 11) is 0. The largest absolute Gasteiger partial charge is 0.381 e. The molecule has 82 valence electrons. The lowest BCUT2D eigenvalue weighted by molar-refractivity contribution is 0.621. The van der Waals surface area contributed by atoms with Gasteiger partial charge in [0, 0.05) is 17.0 Å². The van der Waals surface area contributed by atoms with Gasteiger partial charge in [0.25, 0.3) is 0 Å². The molecule has 1 aliphatic rings. The van der Waals surface area contributed by atoms with Crippen molar-refractivity contribution >= 4 is 33.4 Å². The zero-order chi connectivity index (χ0) is 10.8. The van der Waals surface area contributed by atoms with Gasteiger partial charge in [-0.15, -0.1) is 0 Å². The van der Waals surface area contributed by atoms with Gasteiger partial charge in [-0.3, -0.25) is 0 Å². The van der Waals surface area contributed by atoms with Crippen molar-refractivity contribution in [1.29, 1.82) is 0 Å². The van der Waals surface area contributed by atoms with Crippen molar-refractivity contribution in [2.45, 2.75) is 24.6 Å². The maximum absolute atomic E-state index is 13.0. The van der Waals surface area contributed by atoms with Gasteiger partial charge in [0.05, 0.1) is 4.47 Å². The molecule has 1 aromatic rings. The molecule has 0 bridgehead atoms. The van der Waals surface area contributed by atoms with Crippen LogP contribution >= 0.6 is 27.7 Å². The van der Waals surface area contributed by atoms with Crippen molar-refractivity contribution in [3.63, 3.8) is 0 Å². The average Bonchev–Trinajstić information content (AvgIpc) is 2.59. The molecule has 1 aromatic carbocycles. The fourth-order valence-corrected chi connectivity index (χ4v) is 3.30. The molecule has 0 radical (unpaired) electrons. The van der Waals surface area contributed by atoms with Crippen LogP contribution in [-0.4, -0.2) is 17.0 Å². The van der Waals surface area contributed by atoms with Gasteiger partial charge in [-0.05, 0) is 46.3 Å². The van der Waals surface area contributed by atoms with Crippen LogP contribution in [0.5, 0.6) is 0 Å². The highest BCUT2D eigenvalue weighted by Gasteiger charge is 2.23. The Morgan fingerprint density at radius 3 is 2.93 bits per heavy atom. The predicted octanol–water partition coefficient (Wildman–Crippen LogP) is 3.89. The van der Waals surface area contributed by atoms with E-state index in [0.717, 1.165) is 5.69 Å². The van der Waals surface area contributed by atoms with Gasteiger partial charge < -0.3 is 5.32 Å². The molecule has 2 unspecified atom stereocenters. The lowest BCUT2D eigenvalue weighted by Crippen LogP contribution is -2.24. The summed E-state index contributed by atoms with van der Waals surface area (Å²) in [5.41, 5.74) is 0.989. The predicted molar refractivity (Wildman–Crippen MR) is 68.0 cm³/mol. The molecule has 0 aliphatic carbocycles. The Bertz CT molecular complexity index is 358. The molecule has 0 aromatic heterocycles. The number of rotatable bonds is 2. The molecule has 1 aliphatic heterocycles. The molecule has 0 amide bonds. The maximum atomic E-state index is 13.0. The standard InChI is InChI=1S/C11H13BrFNS/c1-7-11(4-5-15-7)14-8-2-3-10(13)9(12)6-8/h2-3,6-7,11,14H,4-5H2,1H3. The first kappa shape index (κ1) is 11.3. The second-order valence-electron chi connectivity index (χ2n) is 3.74. The van der Waals surface area contributed by atoms with Crippen LogP contribution in [0.25, 0.3) is 0 Å². The van der Waals surface area contributed by atoms with E-state index >= 15 is 0 Å². The van der Waals surface area contributed by atoms with E-state index in [1.165, 1.54) is 18.2 Å². The highest BCUT2D eigenvalue weighted by Crippen LogP contribution is 2.29. The van der Waals surface area contributed by atoms with Gasteiger partial charge >= 0.3 is 0 Å². The van der Waals surface area contributed by atoms with Gasteiger partial charge in [0.15, 0.2) is 0 Å². The molecule has 2 atom stereocenters. The fraction of sp³-hybridized carbons (Fsp3) is 0.455. The van der Waals surface area contributed by atoms with E-state index in [4.69, 9.17) is 0 Å². The van der Waals surface area contributed by atoms with Crippen molar-refractivity contribution in [3.05, 3.63) is 28.5 Å². The second kappa shape index (κ2) is 4.74. The zero-order valence-electron chi connectivity index (χ0n) is 8.47. The maximum Gasteiger partial charge on any atom is 0.137 e. The number of nitrogens with one attached hydrogen (secondary N) is 1. The van der Waals surface area contributed by atoms with Crippen LogP contribution in [0.4, 0.5) is 10.1 Å². The van der Waals surface area contributed by atoms with Gasteiger partial charge in [0.2, 0.25) is 0 Å². The highest BCUT2D eigenvalue weighted by atomic mass is 79.9. The minimum Gasteiger partial charge on any atom is -0.381 e. The molecular weight excluding hydrogens is 277 g/mol. The lowest BCUT2D eigenvalue weighted by atomic mass is 10.1. The Morgan fingerprint density at radius 1 is 1.53 bits per heavy atom. The highest BCUT2D eigenvalue weighted by molar-refractivity contribution is 9.10. The molecule has 15 heavy (non-hydrogen) atoms. The van der Waals surface area contributed by atoms with Crippen molar-refractivity contribution in [2.75, 3.05) is 11.1 Å². The van der Waals surface area contributed by atoms with Crippen molar-refractivity contribution in [3.8, 4) is 0 Å². The van der Waals surface area contributed by atoms with Crippen LogP contribution in [0.1, 0.15) is 13.3 Å². The van der Waals surface area contributed by atoms with Crippen LogP contribution in [0.2, 0.25) is 0 Å². The van der Waals surface area contributed by atoms with Crippen LogP contribution in [0, 0.1) is 5.82 Å². The van der Waals surface area contributed by atoms with E-state index in [1.54, 1.807) is 12.1 Å². The fourth-order valence-electron chi connectivity index (χ4n) is 1.72. The molecule has 4 heteroatoms. The molecule has 0 spiro atoms. The van der Waals surface area contributed by atoms with Crippen molar-refractivity contribution < 1.29 is 4.39 Å².